The van der Waals surface area contributed by atoms with Crippen LogP contribution in [0.5, 0.6) is 0 Å². The number of rotatable bonds is 0. The summed E-state index contributed by atoms with van der Waals surface area (Å²) in [5, 5.41) is 10.6. The maximum absolute atomic E-state index is 2.46. The monoisotopic (exact) mass is 390 g/mol. The van der Waals surface area contributed by atoms with Crippen molar-refractivity contribution in [3.8, 4) is 0 Å². The summed E-state index contributed by atoms with van der Waals surface area (Å²) >= 11 is 0. The molecule has 5 aromatic rings. The summed E-state index contributed by atoms with van der Waals surface area (Å²) in [5.41, 5.74) is 3.13. The summed E-state index contributed by atoms with van der Waals surface area (Å²) in [5.74, 6) is 0. The molecule has 0 spiro atoms. The molecular weight excluding hydrogens is 360 g/mol. The van der Waals surface area contributed by atoms with E-state index in [1.807, 2.05) is 0 Å². The smallest absolute Gasteiger partial charge is 0.00989 e. The van der Waals surface area contributed by atoms with Crippen molar-refractivity contribution in [2.45, 2.75) is 52.4 Å². The maximum Gasteiger partial charge on any atom is -0.00989 e. The van der Waals surface area contributed by atoms with Gasteiger partial charge in [-0.15, -0.1) is 0 Å². The van der Waals surface area contributed by atoms with Crippen LogP contribution in [-0.2, 0) is 10.8 Å². The van der Waals surface area contributed by atoms with E-state index in [-0.39, 0.29) is 10.8 Å². The van der Waals surface area contributed by atoms with Crippen LogP contribution in [0, 0.1) is 0 Å². The molecule has 5 aromatic carbocycles. The Morgan fingerprint density at radius 2 is 0.833 bits per heavy atom. The lowest BCUT2D eigenvalue weighted by Crippen LogP contribution is -2.21. The van der Waals surface area contributed by atoms with Gasteiger partial charge in [-0.25, -0.2) is 0 Å². The third-order valence-electron chi connectivity index (χ3n) is 6.45. The molecule has 0 radical (unpaired) electrons. The van der Waals surface area contributed by atoms with Crippen LogP contribution in [0.3, 0.4) is 0 Å². The van der Waals surface area contributed by atoms with Crippen molar-refractivity contribution in [2.75, 3.05) is 0 Å². The van der Waals surface area contributed by atoms with Crippen molar-refractivity contribution < 1.29 is 0 Å². The fraction of sp³-hybridized carbons (Fsp3) is 0.267. The summed E-state index contributed by atoms with van der Waals surface area (Å²) in [6.07, 6.45) is 0. The van der Waals surface area contributed by atoms with E-state index in [0.29, 0.717) is 0 Å². The molecule has 5 rings (SSSR count). The molecule has 0 fully saturated rings. The zero-order valence-corrected chi connectivity index (χ0v) is 18.9. The second kappa shape index (κ2) is 6.32. The highest BCUT2D eigenvalue weighted by molar-refractivity contribution is 6.17. The van der Waals surface area contributed by atoms with Crippen molar-refractivity contribution in [1.29, 1.82) is 0 Å². The molecule has 0 aliphatic rings. The fourth-order valence-corrected chi connectivity index (χ4v) is 4.85. The third-order valence-corrected chi connectivity index (χ3v) is 6.45. The molecule has 0 heteroatoms. The second-order valence-electron chi connectivity index (χ2n) is 10.8. The maximum atomic E-state index is 2.46. The zero-order chi connectivity index (χ0) is 21.3. The minimum Gasteiger partial charge on any atom is -0.0616 e. The second-order valence-corrected chi connectivity index (χ2v) is 10.8. The number of fused-ring (bicyclic) bond motifs is 6. The lowest BCUT2D eigenvalue weighted by atomic mass is 9.74. The first kappa shape index (κ1) is 19.1. The van der Waals surface area contributed by atoms with E-state index in [9.17, 15) is 0 Å². The van der Waals surface area contributed by atoms with Crippen LogP contribution < -0.4 is 0 Å². The standard InChI is InChI=1S/C30H30/c1-29(2,3)27-17-22-14-13-21-15-24-20(12-11-19-9-7-8-10-23(19)24)16-25(21)26(22)18-28(27)30(4,5)6/h7-18H,1-6H3. The van der Waals surface area contributed by atoms with Gasteiger partial charge in [0.15, 0.2) is 0 Å². The topological polar surface area (TPSA) is 0 Å². The molecule has 150 valence electrons. The number of hydrogen-bond donors (Lipinski definition) is 0. The van der Waals surface area contributed by atoms with Gasteiger partial charge in [-0.1, -0.05) is 96.1 Å². The van der Waals surface area contributed by atoms with E-state index in [1.54, 1.807) is 0 Å². The summed E-state index contributed by atoms with van der Waals surface area (Å²) < 4.78 is 0. The molecule has 0 heterocycles. The third kappa shape index (κ3) is 2.98. The first-order valence-corrected chi connectivity index (χ1v) is 11.0. The quantitative estimate of drug-likeness (QED) is 0.183. The van der Waals surface area contributed by atoms with Crippen LogP contribution in [0.15, 0.2) is 72.8 Å². The van der Waals surface area contributed by atoms with Crippen LogP contribution in [-0.4, -0.2) is 0 Å². The SMILES string of the molecule is CC(C)(C)c1cc2ccc3cc4c(ccc5ccccc54)cc3c2cc1C(C)(C)C. The van der Waals surface area contributed by atoms with Gasteiger partial charge >= 0.3 is 0 Å². The minimum atomic E-state index is 0.103. The highest BCUT2D eigenvalue weighted by Gasteiger charge is 2.26. The molecule has 0 aliphatic carbocycles. The highest BCUT2D eigenvalue weighted by Crippen LogP contribution is 2.40. The minimum absolute atomic E-state index is 0.103. The Labute approximate surface area is 179 Å². The molecule has 0 aliphatic heterocycles. The highest BCUT2D eigenvalue weighted by atomic mass is 14.3. The average molecular weight is 391 g/mol. The number of benzene rings is 5. The van der Waals surface area contributed by atoms with E-state index in [0.717, 1.165) is 0 Å². The van der Waals surface area contributed by atoms with Gasteiger partial charge < -0.3 is 0 Å². The predicted octanol–water partition coefficient (Wildman–Crippen LogP) is 8.89. The molecule has 0 saturated carbocycles. The Morgan fingerprint density at radius 1 is 0.400 bits per heavy atom. The Balaban J connectivity index is 1.90. The Morgan fingerprint density at radius 3 is 1.43 bits per heavy atom. The van der Waals surface area contributed by atoms with Gasteiger partial charge in [0.05, 0.1) is 0 Å². The van der Waals surface area contributed by atoms with Gasteiger partial charge in [-0.3, -0.25) is 0 Å². The molecule has 0 saturated heterocycles. The Bertz CT molecular complexity index is 1440. The van der Waals surface area contributed by atoms with Crippen LogP contribution in [0.1, 0.15) is 52.7 Å². The molecule has 0 N–H and O–H groups in total. The molecule has 0 unspecified atom stereocenters. The van der Waals surface area contributed by atoms with E-state index in [2.05, 4.69) is 114 Å². The van der Waals surface area contributed by atoms with Crippen LogP contribution in [0.25, 0.3) is 43.1 Å². The van der Waals surface area contributed by atoms with Crippen LogP contribution >= 0.6 is 0 Å². The van der Waals surface area contributed by atoms with Crippen LogP contribution in [0.2, 0.25) is 0 Å². The summed E-state index contributed by atoms with van der Waals surface area (Å²) in [6.45, 7) is 14.0. The van der Waals surface area contributed by atoms with E-state index >= 15 is 0 Å². The number of hydrogen-bond acceptors (Lipinski definition) is 0. The van der Waals surface area contributed by atoms with Gasteiger partial charge in [0, 0.05) is 0 Å². The summed E-state index contributed by atoms with van der Waals surface area (Å²) in [6, 6.07) is 27.4. The molecular formula is C30H30. The Hall–Kier alpha value is -2.86. The van der Waals surface area contributed by atoms with E-state index in [1.165, 1.54) is 54.2 Å². The van der Waals surface area contributed by atoms with Gasteiger partial charge in [-0.05, 0) is 83.2 Å². The van der Waals surface area contributed by atoms with E-state index in [4.69, 9.17) is 0 Å². The lowest BCUT2D eigenvalue weighted by molar-refractivity contribution is 0.531. The molecule has 0 nitrogen and oxygen atoms in total. The first-order chi connectivity index (χ1) is 14.1. The first-order valence-electron chi connectivity index (χ1n) is 11.0. The van der Waals surface area contributed by atoms with Crippen molar-refractivity contribution >= 4 is 43.1 Å². The van der Waals surface area contributed by atoms with Gasteiger partial charge in [0.25, 0.3) is 0 Å². The van der Waals surface area contributed by atoms with Crippen molar-refractivity contribution in [1.82, 2.24) is 0 Å². The van der Waals surface area contributed by atoms with Crippen molar-refractivity contribution in [3.05, 3.63) is 83.9 Å². The average Bonchev–Trinajstić information content (AvgIpc) is 2.70. The predicted molar refractivity (Wildman–Crippen MR) is 134 cm³/mol. The lowest BCUT2D eigenvalue weighted by Gasteiger charge is -2.31. The van der Waals surface area contributed by atoms with Gasteiger partial charge in [0.2, 0.25) is 0 Å². The van der Waals surface area contributed by atoms with Crippen LogP contribution in [0.4, 0.5) is 0 Å². The molecule has 30 heavy (non-hydrogen) atoms. The molecule has 0 atom stereocenters. The summed E-state index contributed by atoms with van der Waals surface area (Å²) in [7, 11) is 0. The Kier molecular flexibility index (Phi) is 4.03. The molecule has 0 bridgehead atoms. The van der Waals surface area contributed by atoms with E-state index < -0.39 is 0 Å². The summed E-state index contributed by atoms with van der Waals surface area (Å²) in [4.78, 5) is 0. The largest absolute Gasteiger partial charge is 0.0616 e. The van der Waals surface area contributed by atoms with Crippen molar-refractivity contribution in [3.63, 3.8) is 0 Å². The van der Waals surface area contributed by atoms with Gasteiger partial charge in [-0.2, -0.15) is 0 Å². The fourth-order valence-electron chi connectivity index (χ4n) is 4.85. The van der Waals surface area contributed by atoms with Crippen molar-refractivity contribution in [2.24, 2.45) is 0 Å². The zero-order valence-electron chi connectivity index (χ0n) is 18.9. The van der Waals surface area contributed by atoms with Gasteiger partial charge in [0.1, 0.15) is 0 Å². The molecule has 0 amide bonds. The normalized spacial score (nSPS) is 13.0. The molecule has 0 aromatic heterocycles.